The molecule has 0 aromatic heterocycles. The second-order valence-corrected chi connectivity index (χ2v) is 6.30. The fourth-order valence-corrected chi connectivity index (χ4v) is 2.52. The minimum absolute atomic E-state index is 0.289. The molecule has 2 rings (SSSR count). The summed E-state index contributed by atoms with van der Waals surface area (Å²) in [5.41, 5.74) is 8.22. The lowest BCUT2D eigenvalue weighted by molar-refractivity contribution is -0.132. The molecule has 3 heteroatoms. The Morgan fingerprint density at radius 3 is 2.43 bits per heavy atom. The Kier molecular flexibility index (Phi) is 5.80. The Morgan fingerprint density at radius 2 is 1.90 bits per heavy atom. The molecule has 0 heterocycles. The lowest BCUT2D eigenvalue weighted by atomic mass is 10.0. The molecule has 0 saturated heterocycles. The van der Waals surface area contributed by atoms with Crippen molar-refractivity contribution in [2.45, 2.75) is 58.5 Å². The van der Waals surface area contributed by atoms with Crippen LogP contribution in [0.3, 0.4) is 0 Å². The maximum absolute atomic E-state index is 12.5. The molecule has 1 atom stereocenters. The number of benzene rings is 1. The summed E-state index contributed by atoms with van der Waals surface area (Å²) < 4.78 is 0. The largest absolute Gasteiger partial charge is 0.335 e. The normalized spacial score (nSPS) is 15.8. The molecule has 0 spiro atoms. The van der Waals surface area contributed by atoms with Crippen LogP contribution in [0.25, 0.3) is 0 Å². The van der Waals surface area contributed by atoms with E-state index in [0.29, 0.717) is 24.9 Å². The van der Waals surface area contributed by atoms with Gasteiger partial charge in [0.15, 0.2) is 0 Å². The van der Waals surface area contributed by atoms with Gasteiger partial charge in [-0.2, -0.15) is 0 Å². The van der Waals surface area contributed by atoms with Crippen molar-refractivity contribution >= 4 is 5.91 Å². The van der Waals surface area contributed by atoms with E-state index in [4.69, 9.17) is 5.73 Å². The van der Waals surface area contributed by atoms with Crippen LogP contribution in [0.2, 0.25) is 0 Å². The highest BCUT2D eigenvalue weighted by Crippen LogP contribution is 2.29. The first-order chi connectivity index (χ1) is 10.1. The Balaban J connectivity index is 1.93. The lowest BCUT2D eigenvalue weighted by Crippen LogP contribution is -2.33. The van der Waals surface area contributed by atoms with Crippen LogP contribution in [0, 0.1) is 5.92 Å². The number of hydrogen-bond donors (Lipinski definition) is 1. The first-order valence-corrected chi connectivity index (χ1v) is 8.21. The molecular weight excluding hydrogens is 260 g/mol. The molecular formula is C18H28N2O. The number of carbonyl (C=O) groups excluding carboxylic acids is 1. The van der Waals surface area contributed by atoms with Gasteiger partial charge in [-0.15, -0.1) is 0 Å². The van der Waals surface area contributed by atoms with E-state index >= 15 is 0 Å². The maximum atomic E-state index is 12.5. The summed E-state index contributed by atoms with van der Waals surface area (Å²) in [7, 11) is 0. The van der Waals surface area contributed by atoms with Gasteiger partial charge in [0.05, 0.1) is 0 Å². The van der Waals surface area contributed by atoms with Crippen LogP contribution in [0.1, 0.15) is 50.7 Å². The van der Waals surface area contributed by atoms with E-state index in [9.17, 15) is 4.79 Å². The summed E-state index contributed by atoms with van der Waals surface area (Å²) in [6.07, 6.45) is 4.90. The zero-order valence-corrected chi connectivity index (χ0v) is 13.3. The molecule has 3 nitrogen and oxygen atoms in total. The van der Waals surface area contributed by atoms with Gasteiger partial charge in [0.2, 0.25) is 5.91 Å². The van der Waals surface area contributed by atoms with Crippen LogP contribution in [0.15, 0.2) is 24.3 Å². The third-order valence-electron chi connectivity index (χ3n) is 4.35. The summed E-state index contributed by atoms with van der Waals surface area (Å²) in [4.78, 5) is 14.5. The monoisotopic (exact) mass is 288 g/mol. The molecule has 1 aromatic rings. The molecule has 1 amide bonds. The average molecular weight is 288 g/mol. The third-order valence-corrected chi connectivity index (χ3v) is 4.35. The molecule has 0 bridgehead atoms. The molecule has 0 radical (unpaired) electrons. The first-order valence-electron chi connectivity index (χ1n) is 8.21. The second kappa shape index (κ2) is 7.60. The predicted molar refractivity (Wildman–Crippen MR) is 86.8 cm³/mol. The van der Waals surface area contributed by atoms with Crippen molar-refractivity contribution in [1.29, 1.82) is 0 Å². The van der Waals surface area contributed by atoms with Crippen LogP contribution in [0.4, 0.5) is 0 Å². The van der Waals surface area contributed by atoms with E-state index in [1.807, 2.05) is 0 Å². The molecule has 1 unspecified atom stereocenters. The molecule has 2 N–H and O–H groups in total. The van der Waals surface area contributed by atoms with Gasteiger partial charge < -0.3 is 10.6 Å². The van der Waals surface area contributed by atoms with E-state index in [-0.39, 0.29) is 5.91 Å². The predicted octanol–water partition coefficient (Wildman–Crippen LogP) is 3.12. The van der Waals surface area contributed by atoms with Crippen molar-refractivity contribution in [1.82, 2.24) is 4.90 Å². The lowest BCUT2D eigenvalue weighted by Gasteiger charge is -2.23. The number of rotatable bonds is 8. The molecule has 1 fully saturated rings. The number of nitrogens with two attached hydrogens (primary N) is 1. The fraction of sp³-hybridized carbons (Fsp3) is 0.611. The Hall–Kier alpha value is -1.35. The molecule has 0 aliphatic heterocycles. The van der Waals surface area contributed by atoms with Gasteiger partial charge in [-0.25, -0.2) is 0 Å². The van der Waals surface area contributed by atoms with Gasteiger partial charge in [0.25, 0.3) is 0 Å². The van der Waals surface area contributed by atoms with E-state index in [2.05, 4.69) is 43.0 Å². The van der Waals surface area contributed by atoms with Crippen molar-refractivity contribution in [3.63, 3.8) is 0 Å². The van der Waals surface area contributed by atoms with Gasteiger partial charge >= 0.3 is 0 Å². The highest BCUT2D eigenvalue weighted by molar-refractivity contribution is 5.76. The van der Waals surface area contributed by atoms with Crippen molar-refractivity contribution in [2.24, 2.45) is 11.7 Å². The standard InChI is InChI=1S/C18H28N2O/c1-3-15-5-7-16(8-6-15)13-20(17-9-10-17)18(21)11-4-14(2)12-19/h5-8,14,17H,3-4,9-13,19H2,1-2H3. The molecule has 1 aliphatic carbocycles. The summed E-state index contributed by atoms with van der Waals surface area (Å²) in [6.45, 7) is 5.69. The van der Waals surface area contributed by atoms with Crippen molar-refractivity contribution in [3.05, 3.63) is 35.4 Å². The SMILES string of the molecule is CCc1ccc(CN(C(=O)CCC(C)CN)C2CC2)cc1. The van der Waals surface area contributed by atoms with Gasteiger partial charge in [0.1, 0.15) is 0 Å². The van der Waals surface area contributed by atoms with Crippen LogP contribution in [0.5, 0.6) is 0 Å². The van der Waals surface area contributed by atoms with Crippen molar-refractivity contribution in [2.75, 3.05) is 6.54 Å². The maximum Gasteiger partial charge on any atom is 0.223 e. The molecule has 116 valence electrons. The summed E-state index contributed by atoms with van der Waals surface area (Å²) >= 11 is 0. The summed E-state index contributed by atoms with van der Waals surface area (Å²) in [5.74, 6) is 0.719. The van der Waals surface area contributed by atoms with E-state index < -0.39 is 0 Å². The summed E-state index contributed by atoms with van der Waals surface area (Å²) in [5, 5.41) is 0. The second-order valence-electron chi connectivity index (χ2n) is 6.30. The average Bonchev–Trinajstić information content (AvgIpc) is 3.35. The van der Waals surface area contributed by atoms with Crippen molar-refractivity contribution in [3.8, 4) is 0 Å². The number of hydrogen-bond acceptors (Lipinski definition) is 2. The number of amides is 1. The number of aryl methyl sites for hydroxylation is 1. The first kappa shape index (κ1) is 16.0. The van der Waals surface area contributed by atoms with E-state index in [1.165, 1.54) is 11.1 Å². The van der Waals surface area contributed by atoms with Crippen LogP contribution >= 0.6 is 0 Å². The highest BCUT2D eigenvalue weighted by Gasteiger charge is 2.32. The zero-order chi connectivity index (χ0) is 15.2. The molecule has 21 heavy (non-hydrogen) atoms. The fourth-order valence-electron chi connectivity index (χ4n) is 2.52. The van der Waals surface area contributed by atoms with Gasteiger partial charge in [-0.05, 0) is 49.3 Å². The Morgan fingerprint density at radius 1 is 1.29 bits per heavy atom. The third kappa shape index (κ3) is 4.85. The minimum Gasteiger partial charge on any atom is -0.335 e. The van der Waals surface area contributed by atoms with Crippen LogP contribution in [-0.4, -0.2) is 23.4 Å². The highest BCUT2D eigenvalue weighted by atomic mass is 16.2. The molecule has 1 aliphatic rings. The number of carbonyl (C=O) groups is 1. The van der Waals surface area contributed by atoms with Crippen LogP contribution < -0.4 is 5.73 Å². The summed E-state index contributed by atoms with van der Waals surface area (Å²) in [6, 6.07) is 9.12. The van der Waals surface area contributed by atoms with E-state index in [1.54, 1.807) is 0 Å². The zero-order valence-electron chi connectivity index (χ0n) is 13.3. The molecule has 1 saturated carbocycles. The van der Waals surface area contributed by atoms with Gasteiger partial charge in [0, 0.05) is 19.0 Å². The van der Waals surface area contributed by atoms with Crippen molar-refractivity contribution < 1.29 is 4.79 Å². The van der Waals surface area contributed by atoms with Gasteiger partial charge in [-0.3, -0.25) is 4.79 Å². The van der Waals surface area contributed by atoms with E-state index in [0.717, 1.165) is 32.2 Å². The topological polar surface area (TPSA) is 46.3 Å². The molecule has 1 aromatic carbocycles. The Bertz CT molecular complexity index is 451. The Labute approximate surface area is 128 Å². The van der Waals surface area contributed by atoms with Crippen LogP contribution in [-0.2, 0) is 17.8 Å². The quantitative estimate of drug-likeness (QED) is 0.799. The number of nitrogens with zero attached hydrogens (tertiary/aromatic N) is 1. The smallest absolute Gasteiger partial charge is 0.223 e. The van der Waals surface area contributed by atoms with Gasteiger partial charge in [-0.1, -0.05) is 38.1 Å². The minimum atomic E-state index is 0.289.